The molecule has 0 bridgehead atoms. The van der Waals surface area contributed by atoms with Gasteiger partial charge >= 0.3 is 6.03 Å². The Hall–Kier alpha value is -2.46. The van der Waals surface area contributed by atoms with E-state index in [9.17, 15) is 4.79 Å². The molecular weight excluding hydrogens is 322 g/mol. The zero-order valence-electron chi connectivity index (χ0n) is 10.7. The number of allylic oxidation sites excluding steroid dienone is 1. The summed E-state index contributed by atoms with van der Waals surface area (Å²) in [5, 5.41) is 8.98. The first-order chi connectivity index (χ1) is 9.52. The van der Waals surface area contributed by atoms with Crippen LogP contribution in [-0.2, 0) is 0 Å². The van der Waals surface area contributed by atoms with E-state index in [-0.39, 0.29) is 5.84 Å². The minimum Gasteiger partial charge on any atom is -0.350 e. The van der Waals surface area contributed by atoms with Gasteiger partial charge in [0.25, 0.3) is 0 Å². The Labute approximate surface area is 125 Å². The third-order valence-electron chi connectivity index (χ3n) is 2.07. The van der Waals surface area contributed by atoms with Crippen molar-refractivity contribution in [3.63, 3.8) is 0 Å². The van der Waals surface area contributed by atoms with E-state index in [0.717, 1.165) is 10.6 Å². The van der Waals surface area contributed by atoms with Crippen LogP contribution in [-0.4, -0.2) is 23.0 Å². The van der Waals surface area contributed by atoms with E-state index in [1.54, 1.807) is 0 Å². The lowest BCUT2D eigenvalue weighted by Crippen LogP contribution is -2.20. The third-order valence-corrected chi connectivity index (χ3v) is 2.48. The van der Waals surface area contributed by atoms with E-state index in [4.69, 9.17) is 11.0 Å². The number of benzene rings is 1. The maximum absolute atomic E-state index is 10.7. The topological polar surface area (TPSA) is 94.8 Å². The molecule has 0 heterocycles. The number of nitrogens with two attached hydrogens (primary N) is 1. The summed E-state index contributed by atoms with van der Waals surface area (Å²) in [5.41, 5.74) is 5.71. The zero-order valence-corrected chi connectivity index (χ0v) is 12.3. The summed E-state index contributed by atoms with van der Waals surface area (Å²) in [4.78, 5) is 19.4. The zero-order chi connectivity index (χ0) is 15.0. The molecule has 0 aliphatic heterocycles. The molecule has 2 amide bonds. The molecule has 1 aromatic rings. The lowest BCUT2D eigenvalue weighted by atomic mass is 10.3. The summed E-state index contributed by atoms with van der Waals surface area (Å²) in [6.45, 7) is 1.50. The number of halogens is 1. The van der Waals surface area contributed by atoms with Gasteiger partial charge in [0, 0.05) is 12.4 Å². The molecule has 2 N–H and O–H groups in total. The monoisotopic (exact) mass is 333 g/mol. The van der Waals surface area contributed by atoms with Crippen molar-refractivity contribution in [3.05, 3.63) is 41.0 Å². The molecule has 0 saturated carbocycles. The average molecular weight is 334 g/mol. The van der Waals surface area contributed by atoms with E-state index < -0.39 is 6.03 Å². The Kier molecular flexibility index (Phi) is 6.13. The van der Waals surface area contributed by atoms with Crippen LogP contribution in [0.2, 0.25) is 0 Å². The largest absolute Gasteiger partial charge is 0.350 e. The van der Waals surface area contributed by atoms with Gasteiger partial charge in [0.15, 0.2) is 6.19 Å². The molecule has 0 radical (unpaired) electrons. The first-order valence-electron chi connectivity index (χ1n) is 5.53. The molecule has 20 heavy (non-hydrogen) atoms. The number of urea groups is 1. The van der Waals surface area contributed by atoms with Gasteiger partial charge in [0.1, 0.15) is 5.84 Å². The highest BCUT2D eigenvalue weighted by molar-refractivity contribution is 9.12. The van der Waals surface area contributed by atoms with Gasteiger partial charge in [-0.2, -0.15) is 10.3 Å². The smallest absolute Gasteiger partial charge is 0.340 e. The summed E-state index contributed by atoms with van der Waals surface area (Å²) >= 11 is 3.26. The number of amidine groups is 1. The van der Waals surface area contributed by atoms with Gasteiger partial charge in [-0.3, -0.25) is 4.99 Å². The Bertz CT molecular complexity index is 601. The second-order valence-electron chi connectivity index (χ2n) is 3.57. The Morgan fingerprint density at radius 2 is 2.10 bits per heavy atom. The van der Waals surface area contributed by atoms with Crippen molar-refractivity contribution in [1.82, 2.24) is 4.90 Å². The second-order valence-corrected chi connectivity index (χ2v) is 4.49. The molecule has 102 valence electrons. The van der Waals surface area contributed by atoms with Gasteiger partial charge in [-0.05, 0) is 35.0 Å². The molecular formula is C13H12BrN5O. The number of nitriles is 1. The predicted molar refractivity (Wildman–Crippen MR) is 81.7 cm³/mol. The normalized spacial score (nSPS) is 12.2. The maximum Gasteiger partial charge on any atom is 0.340 e. The highest BCUT2D eigenvalue weighted by Crippen LogP contribution is 2.12. The number of hydrogen-bond acceptors (Lipinski definition) is 3. The van der Waals surface area contributed by atoms with Crippen LogP contribution in [0.1, 0.15) is 6.92 Å². The van der Waals surface area contributed by atoms with Crippen molar-refractivity contribution in [2.75, 3.05) is 0 Å². The van der Waals surface area contributed by atoms with Crippen molar-refractivity contribution in [2.45, 2.75) is 6.92 Å². The van der Waals surface area contributed by atoms with Crippen LogP contribution in [0.3, 0.4) is 0 Å². The van der Waals surface area contributed by atoms with E-state index in [0.29, 0.717) is 4.48 Å². The van der Waals surface area contributed by atoms with Gasteiger partial charge in [-0.25, -0.2) is 9.69 Å². The molecule has 0 atom stereocenters. The average Bonchev–Trinajstić information content (AvgIpc) is 2.42. The standard InChI is InChI=1S/C13H12BrN5O/c1-10(18-13(16)20)19(9-15)8-11(14)7-17-12-5-3-2-4-6-12/h2-8H,1H3,(H2,16,20)/b11-8+,17-7?,18-10?. The van der Waals surface area contributed by atoms with Gasteiger partial charge in [0.2, 0.25) is 0 Å². The first-order valence-corrected chi connectivity index (χ1v) is 6.32. The van der Waals surface area contributed by atoms with Crippen LogP contribution in [0, 0.1) is 11.5 Å². The molecule has 6 nitrogen and oxygen atoms in total. The number of amides is 2. The molecule has 0 aromatic heterocycles. The lowest BCUT2D eigenvalue weighted by molar-refractivity contribution is 0.256. The first kappa shape index (κ1) is 15.6. The summed E-state index contributed by atoms with van der Waals surface area (Å²) in [5.74, 6) is 0.171. The number of aliphatic imine (C=N–C) groups is 2. The van der Waals surface area contributed by atoms with Gasteiger partial charge < -0.3 is 5.73 Å². The molecule has 0 aliphatic carbocycles. The fraction of sp³-hybridized carbons (Fsp3) is 0.0769. The number of hydrogen-bond donors (Lipinski definition) is 1. The molecule has 0 spiro atoms. The molecule has 1 aromatic carbocycles. The summed E-state index contributed by atoms with van der Waals surface area (Å²) in [6.07, 6.45) is 4.84. The van der Waals surface area contributed by atoms with Crippen molar-refractivity contribution in [3.8, 4) is 6.19 Å². The SMILES string of the molecule is CC(=NC(N)=O)N(C#N)/C=C(/Br)C=Nc1ccccc1. The Morgan fingerprint density at radius 3 is 2.65 bits per heavy atom. The predicted octanol–water partition coefficient (Wildman–Crippen LogP) is 2.91. The number of carbonyl (C=O) groups is 1. The second kappa shape index (κ2) is 7.86. The summed E-state index contributed by atoms with van der Waals surface area (Å²) in [6, 6.07) is 8.47. The number of para-hydroxylation sites is 1. The van der Waals surface area contributed by atoms with Gasteiger partial charge in [-0.15, -0.1) is 0 Å². The third kappa shape index (κ3) is 5.46. The van der Waals surface area contributed by atoms with Crippen LogP contribution in [0.5, 0.6) is 0 Å². The van der Waals surface area contributed by atoms with Crippen LogP contribution in [0.25, 0.3) is 0 Å². The molecule has 7 heteroatoms. The van der Waals surface area contributed by atoms with Gasteiger partial charge in [-0.1, -0.05) is 18.2 Å². The lowest BCUT2D eigenvalue weighted by Gasteiger charge is -2.08. The summed E-state index contributed by atoms with van der Waals surface area (Å²) in [7, 11) is 0. The van der Waals surface area contributed by atoms with E-state index in [2.05, 4.69) is 25.9 Å². The van der Waals surface area contributed by atoms with Crippen LogP contribution < -0.4 is 5.73 Å². The Morgan fingerprint density at radius 1 is 1.45 bits per heavy atom. The molecule has 0 aliphatic rings. The fourth-order valence-electron chi connectivity index (χ4n) is 1.21. The maximum atomic E-state index is 10.7. The van der Waals surface area contributed by atoms with Crippen molar-refractivity contribution >= 4 is 39.7 Å². The van der Waals surface area contributed by atoms with Crippen LogP contribution in [0.15, 0.2) is 51.0 Å². The van der Waals surface area contributed by atoms with Crippen molar-refractivity contribution in [2.24, 2.45) is 15.7 Å². The van der Waals surface area contributed by atoms with Crippen molar-refractivity contribution < 1.29 is 4.79 Å². The number of primary amides is 1. The molecule has 0 unspecified atom stereocenters. The Balaban J connectivity index is 2.84. The minimum absolute atomic E-state index is 0.171. The van der Waals surface area contributed by atoms with Gasteiger partial charge in [0.05, 0.1) is 10.2 Å². The highest BCUT2D eigenvalue weighted by atomic mass is 79.9. The number of carbonyl (C=O) groups excluding carboxylic acids is 1. The van der Waals surface area contributed by atoms with Crippen LogP contribution >= 0.6 is 15.9 Å². The number of rotatable bonds is 3. The van der Waals surface area contributed by atoms with E-state index in [1.807, 2.05) is 36.5 Å². The van der Waals surface area contributed by atoms with E-state index in [1.165, 1.54) is 19.3 Å². The fourth-order valence-corrected chi connectivity index (χ4v) is 1.52. The molecule has 1 rings (SSSR count). The van der Waals surface area contributed by atoms with E-state index >= 15 is 0 Å². The van der Waals surface area contributed by atoms with Crippen molar-refractivity contribution in [1.29, 1.82) is 5.26 Å². The highest BCUT2D eigenvalue weighted by Gasteiger charge is 2.04. The minimum atomic E-state index is -0.856. The molecule has 0 fully saturated rings. The van der Waals surface area contributed by atoms with Crippen LogP contribution in [0.4, 0.5) is 10.5 Å². The number of nitrogens with zero attached hydrogens (tertiary/aromatic N) is 4. The quantitative estimate of drug-likeness (QED) is 0.398. The molecule has 0 saturated heterocycles. The summed E-state index contributed by atoms with van der Waals surface area (Å²) < 4.78 is 0.543.